The molecule has 1 aliphatic carbocycles. The number of aliphatic hydroxyl groups is 1. The van der Waals surface area contributed by atoms with Gasteiger partial charge in [0.25, 0.3) is 5.56 Å². The molecular formula is C31H36N4O3. The Balaban J connectivity index is 1.22. The summed E-state index contributed by atoms with van der Waals surface area (Å²) in [5, 5.41) is 15.7. The second kappa shape index (κ2) is 10.1. The van der Waals surface area contributed by atoms with Crippen LogP contribution in [0, 0.1) is 11.3 Å². The zero-order chi connectivity index (χ0) is 26.2. The van der Waals surface area contributed by atoms with E-state index in [0.29, 0.717) is 25.2 Å². The molecule has 3 fully saturated rings. The molecule has 3 aromatic rings. The Labute approximate surface area is 223 Å². The standard InChI is InChI=1S/C31H36N4O3/c36-27-19-26(23-9-3-1-4-10-23)33-22-35(27)21-31(38)16-18-34(20-30(31)14-7-8-15-30)29(37)25-13-17-32-28(25)24-11-5-2-6-12-24/h1-6,9-12,19,22,25,28,32,38H,7-8,13-18,20-21H2/t25-,28+,31-/m1/s1. The van der Waals surface area contributed by atoms with Gasteiger partial charge in [-0.05, 0) is 37.8 Å². The van der Waals surface area contributed by atoms with Crippen LogP contribution in [0.25, 0.3) is 11.3 Å². The van der Waals surface area contributed by atoms with Gasteiger partial charge < -0.3 is 15.3 Å². The number of nitrogens with zero attached hydrogens (tertiary/aromatic N) is 3. The van der Waals surface area contributed by atoms with Crippen LogP contribution in [0.5, 0.6) is 0 Å². The van der Waals surface area contributed by atoms with E-state index in [4.69, 9.17) is 0 Å². The number of likely N-dealkylation sites (tertiary alicyclic amines) is 1. The summed E-state index contributed by atoms with van der Waals surface area (Å²) in [5.74, 6) is 0.0858. The summed E-state index contributed by atoms with van der Waals surface area (Å²) >= 11 is 0. The molecular weight excluding hydrogens is 476 g/mol. The van der Waals surface area contributed by atoms with Gasteiger partial charge in [-0.2, -0.15) is 0 Å². The van der Waals surface area contributed by atoms with Gasteiger partial charge in [0, 0.05) is 36.2 Å². The van der Waals surface area contributed by atoms with E-state index in [1.54, 1.807) is 17.0 Å². The van der Waals surface area contributed by atoms with Crippen molar-refractivity contribution in [2.75, 3.05) is 19.6 Å². The van der Waals surface area contributed by atoms with Crippen molar-refractivity contribution in [2.24, 2.45) is 11.3 Å². The van der Waals surface area contributed by atoms with Crippen LogP contribution < -0.4 is 10.9 Å². The predicted octanol–water partition coefficient (Wildman–Crippen LogP) is 3.78. The number of carbonyl (C=O) groups is 1. The number of rotatable bonds is 5. The molecule has 2 aromatic carbocycles. The van der Waals surface area contributed by atoms with Crippen LogP contribution in [0.2, 0.25) is 0 Å². The number of nitrogens with one attached hydrogen (secondary N) is 1. The van der Waals surface area contributed by atoms with E-state index >= 15 is 0 Å². The average molecular weight is 513 g/mol. The van der Waals surface area contributed by atoms with Gasteiger partial charge in [-0.25, -0.2) is 4.98 Å². The molecule has 3 heterocycles. The van der Waals surface area contributed by atoms with Gasteiger partial charge in [0.15, 0.2) is 0 Å². The van der Waals surface area contributed by atoms with Gasteiger partial charge in [0.05, 0.1) is 30.1 Å². The van der Waals surface area contributed by atoms with Crippen LogP contribution >= 0.6 is 0 Å². The van der Waals surface area contributed by atoms with Gasteiger partial charge in [-0.3, -0.25) is 14.2 Å². The van der Waals surface area contributed by atoms with Gasteiger partial charge >= 0.3 is 0 Å². The fourth-order valence-electron chi connectivity index (χ4n) is 7.09. The molecule has 198 valence electrons. The van der Waals surface area contributed by atoms with E-state index in [2.05, 4.69) is 22.4 Å². The van der Waals surface area contributed by atoms with Crippen molar-refractivity contribution in [2.45, 2.75) is 56.7 Å². The zero-order valence-electron chi connectivity index (χ0n) is 21.8. The van der Waals surface area contributed by atoms with Gasteiger partial charge in [-0.15, -0.1) is 0 Å². The molecule has 0 unspecified atom stereocenters. The highest BCUT2D eigenvalue weighted by atomic mass is 16.3. The van der Waals surface area contributed by atoms with Gasteiger partial charge in [-0.1, -0.05) is 73.5 Å². The number of amides is 1. The number of benzene rings is 2. The van der Waals surface area contributed by atoms with Crippen molar-refractivity contribution in [1.29, 1.82) is 0 Å². The number of piperidine rings is 1. The normalized spacial score (nSPS) is 26.6. The summed E-state index contributed by atoms with van der Waals surface area (Å²) in [5.41, 5.74) is 1.04. The molecule has 1 spiro atoms. The molecule has 3 atom stereocenters. The number of carbonyl (C=O) groups excluding carboxylic acids is 1. The molecule has 3 aliphatic rings. The first kappa shape index (κ1) is 25.0. The van der Waals surface area contributed by atoms with Crippen LogP contribution in [0.15, 0.2) is 77.9 Å². The maximum Gasteiger partial charge on any atom is 0.253 e. The van der Waals surface area contributed by atoms with Crippen LogP contribution in [0.4, 0.5) is 0 Å². The minimum Gasteiger partial charge on any atom is -0.387 e. The SMILES string of the molecule is O=C([C@@H]1CCN[C@H]1c1ccccc1)N1CC[C@@](O)(Cn2cnc(-c3ccccc3)cc2=O)C2(CCCC2)C1. The molecule has 38 heavy (non-hydrogen) atoms. The van der Waals surface area contributed by atoms with E-state index in [9.17, 15) is 14.7 Å². The molecule has 1 aromatic heterocycles. The summed E-state index contributed by atoms with van der Waals surface area (Å²) in [6.45, 7) is 2.07. The van der Waals surface area contributed by atoms with Gasteiger partial charge in [0.1, 0.15) is 0 Å². The molecule has 2 aliphatic heterocycles. The summed E-state index contributed by atoms with van der Waals surface area (Å²) in [7, 11) is 0. The molecule has 1 amide bonds. The molecule has 2 N–H and O–H groups in total. The van der Waals surface area contributed by atoms with E-state index in [0.717, 1.165) is 49.8 Å². The number of hydrogen-bond donors (Lipinski definition) is 2. The zero-order valence-corrected chi connectivity index (χ0v) is 21.8. The van der Waals surface area contributed by atoms with Crippen molar-refractivity contribution in [1.82, 2.24) is 19.8 Å². The van der Waals surface area contributed by atoms with Gasteiger partial charge in [0.2, 0.25) is 5.91 Å². The van der Waals surface area contributed by atoms with Crippen LogP contribution in [-0.4, -0.2) is 50.7 Å². The number of hydrogen-bond acceptors (Lipinski definition) is 5. The lowest BCUT2D eigenvalue weighted by atomic mass is 9.65. The van der Waals surface area contributed by atoms with Crippen LogP contribution in [0.3, 0.4) is 0 Å². The highest BCUT2D eigenvalue weighted by Gasteiger charge is 2.56. The minimum absolute atomic E-state index is 0.0248. The van der Waals surface area contributed by atoms with E-state index in [1.807, 2.05) is 53.4 Å². The third-order valence-electron chi connectivity index (χ3n) is 9.23. The highest BCUT2D eigenvalue weighted by Crippen LogP contribution is 2.52. The predicted molar refractivity (Wildman–Crippen MR) is 146 cm³/mol. The highest BCUT2D eigenvalue weighted by molar-refractivity contribution is 5.80. The van der Waals surface area contributed by atoms with Crippen molar-refractivity contribution < 1.29 is 9.90 Å². The lowest BCUT2D eigenvalue weighted by molar-refractivity contribution is -0.163. The summed E-state index contributed by atoms with van der Waals surface area (Å²) < 4.78 is 1.55. The third-order valence-corrected chi connectivity index (χ3v) is 9.23. The second-order valence-corrected chi connectivity index (χ2v) is 11.4. The molecule has 7 heteroatoms. The quantitative estimate of drug-likeness (QED) is 0.543. The molecule has 2 saturated heterocycles. The fourth-order valence-corrected chi connectivity index (χ4v) is 7.09. The van der Waals surface area contributed by atoms with Crippen molar-refractivity contribution >= 4 is 5.91 Å². The molecule has 0 radical (unpaired) electrons. The van der Waals surface area contributed by atoms with Crippen molar-refractivity contribution in [3.8, 4) is 11.3 Å². The Kier molecular flexibility index (Phi) is 6.66. The van der Waals surface area contributed by atoms with E-state index in [1.165, 1.54) is 0 Å². The fraction of sp³-hybridized carbons (Fsp3) is 0.452. The number of aromatic nitrogens is 2. The average Bonchev–Trinajstić information content (AvgIpc) is 3.63. The molecule has 7 nitrogen and oxygen atoms in total. The Bertz CT molecular complexity index is 1340. The topological polar surface area (TPSA) is 87.5 Å². The van der Waals surface area contributed by atoms with E-state index < -0.39 is 11.0 Å². The van der Waals surface area contributed by atoms with E-state index in [-0.39, 0.29) is 30.0 Å². The minimum atomic E-state index is -1.06. The lowest BCUT2D eigenvalue weighted by Crippen LogP contribution is -2.62. The second-order valence-electron chi connectivity index (χ2n) is 11.4. The smallest absolute Gasteiger partial charge is 0.253 e. The van der Waals surface area contributed by atoms with Crippen LogP contribution in [0.1, 0.15) is 50.1 Å². The maximum absolute atomic E-state index is 13.9. The lowest BCUT2D eigenvalue weighted by Gasteiger charge is -2.52. The third kappa shape index (κ3) is 4.48. The van der Waals surface area contributed by atoms with Crippen molar-refractivity contribution in [3.05, 3.63) is 89.0 Å². The first-order chi connectivity index (χ1) is 18.5. The molecule has 6 rings (SSSR count). The Morgan fingerprint density at radius 1 is 1.03 bits per heavy atom. The molecule has 0 bridgehead atoms. The Hall–Kier alpha value is -3.29. The molecule has 1 saturated carbocycles. The monoisotopic (exact) mass is 512 g/mol. The Morgan fingerprint density at radius 3 is 2.45 bits per heavy atom. The summed E-state index contributed by atoms with van der Waals surface area (Å²) in [6, 6.07) is 21.4. The first-order valence-electron chi connectivity index (χ1n) is 13.9. The first-order valence-corrected chi connectivity index (χ1v) is 13.9. The largest absolute Gasteiger partial charge is 0.387 e. The van der Waals surface area contributed by atoms with Crippen LogP contribution in [-0.2, 0) is 11.3 Å². The summed E-state index contributed by atoms with van der Waals surface area (Å²) in [4.78, 5) is 33.5. The van der Waals surface area contributed by atoms with Crippen molar-refractivity contribution in [3.63, 3.8) is 0 Å². The maximum atomic E-state index is 13.9. The summed E-state index contributed by atoms with van der Waals surface area (Å²) in [6.07, 6.45) is 6.63. The Morgan fingerprint density at radius 2 is 1.74 bits per heavy atom.